The number of hydrogen-bond donors (Lipinski definition) is 2. The lowest BCUT2D eigenvalue weighted by molar-refractivity contribution is -0.192. The van der Waals surface area contributed by atoms with Gasteiger partial charge in [0.15, 0.2) is 0 Å². The van der Waals surface area contributed by atoms with Gasteiger partial charge in [0.2, 0.25) is 5.91 Å². The van der Waals surface area contributed by atoms with Crippen molar-refractivity contribution in [3.8, 4) is 0 Å². The van der Waals surface area contributed by atoms with Gasteiger partial charge in [-0.25, -0.2) is 4.79 Å². The Morgan fingerprint density at radius 3 is 2.29 bits per heavy atom. The number of hydrogen-bond acceptors (Lipinski definition) is 2. The van der Waals surface area contributed by atoms with Crippen LogP contribution in [0.2, 0.25) is 0 Å². The van der Waals surface area contributed by atoms with Gasteiger partial charge in [-0.3, -0.25) is 4.79 Å². The summed E-state index contributed by atoms with van der Waals surface area (Å²) in [6, 6.07) is -1.86. The number of carbonyl (C=O) groups is 2. The first-order chi connectivity index (χ1) is 6.25. The van der Waals surface area contributed by atoms with E-state index in [2.05, 4.69) is 0 Å². The molecule has 80 valence electrons. The SMILES string of the molecule is C[C@H]1C(=O)N[C@H](C(=O)O)[C@H]1C(F)(F)F. The molecule has 0 radical (unpaired) electrons. The highest BCUT2D eigenvalue weighted by Crippen LogP contribution is 2.38. The van der Waals surface area contributed by atoms with Crippen LogP contribution in [0.25, 0.3) is 0 Å². The maximum absolute atomic E-state index is 12.3. The highest BCUT2D eigenvalue weighted by Gasteiger charge is 2.57. The molecule has 1 amide bonds. The Morgan fingerprint density at radius 1 is 1.50 bits per heavy atom. The van der Waals surface area contributed by atoms with Crippen LogP contribution in [0.5, 0.6) is 0 Å². The minimum atomic E-state index is -4.68. The van der Waals surface area contributed by atoms with Gasteiger partial charge in [0.25, 0.3) is 0 Å². The highest BCUT2D eigenvalue weighted by atomic mass is 19.4. The van der Waals surface area contributed by atoms with E-state index in [9.17, 15) is 22.8 Å². The van der Waals surface area contributed by atoms with Crippen molar-refractivity contribution in [2.45, 2.75) is 19.1 Å². The Morgan fingerprint density at radius 2 is 2.00 bits per heavy atom. The predicted molar refractivity (Wildman–Crippen MR) is 38.3 cm³/mol. The molecule has 14 heavy (non-hydrogen) atoms. The molecular weight excluding hydrogens is 203 g/mol. The second-order valence-corrected chi connectivity index (χ2v) is 3.18. The lowest BCUT2D eigenvalue weighted by atomic mass is 9.91. The lowest BCUT2D eigenvalue weighted by Gasteiger charge is -2.20. The molecule has 1 heterocycles. The van der Waals surface area contributed by atoms with Crippen molar-refractivity contribution in [2.24, 2.45) is 11.8 Å². The molecule has 0 aromatic carbocycles. The molecule has 0 aromatic rings. The number of amides is 1. The Bertz CT molecular complexity index is 276. The molecule has 3 atom stereocenters. The van der Waals surface area contributed by atoms with Gasteiger partial charge in [0.05, 0.1) is 5.92 Å². The number of carboxylic acid groups (broad SMARTS) is 1. The van der Waals surface area contributed by atoms with Crippen LogP contribution in [-0.4, -0.2) is 29.2 Å². The summed E-state index contributed by atoms with van der Waals surface area (Å²) in [7, 11) is 0. The summed E-state index contributed by atoms with van der Waals surface area (Å²) < 4.78 is 37.0. The third kappa shape index (κ3) is 1.66. The average Bonchev–Trinajstić information content (AvgIpc) is 2.27. The Kier molecular flexibility index (Phi) is 2.43. The van der Waals surface area contributed by atoms with E-state index in [4.69, 9.17) is 5.11 Å². The van der Waals surface area contributed by atoms with Crippen LogP contribution in [0.15, 0.2) is 0 Å². The number of aliphatic carboxylic acids is 1. The number of carbonyl (C=O) groups excluding carboxylic acids is 1. The summed E-state index contributed by atoms with van der Waals surface area (Å²) in [5.74, 6) is -6.03. The third-order valence-corrected chi connectivity index (χ3v) is 2.25. The Hall–Kier alpha value is -1.27. The van der Waals surface area contributed by atoms with Crippen LogP contribution >= 0.6 is 0 Å². The second kappa shape index (κ2) is 3.14. The van der Waals surface area contributed by atoms with Crippen molar-refractivity contribution in [3.05, 3.63) is 0 Å². The topological polar surface area (TPSA) is 66.4 Å². The Labute approximate surface area is 77.1 Å². The molecule has 0 unspecified atom stereocenters. The van der Waals surface area contributed by atoms with Crippen molar-refractivity contribution in [2.75, 3.05) is 0 Å². The quantitative estimate of drug-likeness (QED) is 0.659. The van der Waals surface area contributed by atoms with Crippen molar-refractivity contribution < 1.29 is 27.9 Å². The van der Waals surface area contributed by atoms with Gasteiger partial charge in [-0.05, 0) is 0 Å². The molecule has 7 heteroatoms. The zero-order valence-corrected chi connectivity index (χ0v) is 7.13. The summed E-state index contributed by atoms with van der Waals surface area (Å²) in [4.78, 5) is 21.3. The van der Waals surface area contributed by atoms with E-state index in [1.54, 1.807) is 5.32 Å². The molecule has 1 rings (SSSR count). The van der Waals surface area contributed by atoms with E-state index in [0.29, 0.717) is 0 Å². The summed E-state index contributed by atoms with van der Waals surface area (Å²) in [5.41, 5.74) is 0. The van der Waals surface area contributed by atoms with Gasteiger partial charge in [-0.2, -0.15) is 13.2 Å². The first-order valence-electron chi connectivity index (χ1n) is 3.85. The molecule has 1 aliphatic rings. The van der Waals surface area contributed by atoms with Crippen LogP contribution in [0.3, 0.4) is 0 Å². The van der Waals surface area contributed by atoms with E-state index < -0.39 is 35.9 Å². The van der Waals surface area contributed by atoms with Crippen LogP contribution in [-0.2, 0) is 9.59 Å². The zero-order chi connectivity index (χ0) is 11.1. The van der Waals surface area contributed by atoms with Gasteiger partial charge in [-0.15, -0.1) is 0 Å². The van der Waals surface area contributed by atoms with Gasteiger partial charge in [-0.1, -0.05) is 6.92 Å². The van der Waals surface area contributed by atoms with E-state index in [1.807, 2.05) is 0 Å². The first-order valence-corrected chi connectivity index (χ1v) is 3.85. The van der Waals surface area contributed by atoms with Crippen LogP contribution in [0.4, 0.5) is 13.2 Å². The van der Waals surface area contributed by atoms with Crippen molar-refractivity contribution >= 4 is 11.9 Å². The smallest absolute Gasteiger partial charge is 0.395 e. The molecule has 1 fully saturated rings. The number of carboxylic acids is 1. The minimum absolute atomic E-state index is 0.875. The summed E-state index contributed by atoms with van der Waals surface area (Å²) in [5, 5.41) is 10.3. The molecule has 2 N–H and O–H groups in total. The van der Waals surface area contributed by atoms with Crippen molar-refractivity contribution in [1.82, 2.24) is 5.32 Å². The molecule has 1 aliphatic heterocycles. The molecule has 0 aromatic heterocycles. The van der Waals surface area contributed by atoms with Gasteiger partial charge >= 0.3 is 12.1 Å². The van der Waals surface area contributed by atoms with Gasteiger partial charge in [0, 0.05) is 5.92 Å². The van der Waals surface area contributed by atoms with Gasteiger partial charge < -0.3 is 10.4 Å². The summed E-state index contributed by atoms with van der Waals surface area (Å²) >= 11 is 0. The van der Waals surface area contributed by atoms with Crippen molar-refractivity contribution in [3.63, 3.8) is 0 Å². The zero-order valence-electron chi connectivity index (χ0n) is 7.13. The Balaban J connectivity index is 2.99. The molecule has 0 saturated carbocycles. The minimum Gasteiger partial charge on any atom is -0.480 e. The van der Waals surface area contributed by atoms with Crippen LogP contribution in [0.1, 0.15) is 6.92 Å². The van der Waals surface area contributed by atoms with E-state index in [1.165, 1.54) is 0 Å². The number of halogens is 3. The fourth-order valence-corrected chi connectivity index (χ4v) is 1.51. The molecule has 0 bridgehead atoms. The molecular formula is C7H8F3NO3. The number of alkyl halides is 3. The summed E-state index contributed by atoms with van der Waals surface area (Å²) in [6.45, 7) is 1.07. The molecule has 4 nitrogen and oxygen atoms in total. The molecule has 0 aliphatic carbocycles. The maximum atomic E-state index is 12.3. The summed E-state index contributed by atoms with van der Waals surface area (Å²) in [6.07, 6.45) is -4.68. The average molecular weight is 211 g/mol. The lowest BCUT2D eigenvalue weighted by Crippen LogP contribution is -2.42. The fourth-order valence-electron chi connectivity index (χ4n) is 1.51. The number of nitrogens with one attached hydrogen (secondary N) is 1. The molecule has 0 spiro atoms. The second-order valence-electron chi connectivity index (χ2n) is 3.18. The van der Waals surface area contributed by atoms with Crippen LogP contribution < -0.4 is 5.32 Å². The van der Waals surface area contributed by atoms with E-state index >= 15 is 0 Å². The van der Waals surface area contributed by atoms with Crippen LogP contribution in [0, 0.1) is 11.8 Å². The maximum Gasteiger partial charge on any atom is 0.395 e. The standard InChI is InChI=1S/C7H8F3NO3/c1-2-3(7(8,9)10)4(6(13)14)11-5(2)12/h2-4H,1H3,(H,11,12)(H,13,14)/t2-,3+,4+/m1/s1. The van der Waals surface area contributed by atoms with Gasteiger partial charge in [0.1, 0.15) is 6.04 Å². The van der Waals surface area contributed by atoms with E-state index in [-0.39, 0.29) is 0 Å². The fraction of sp³-hybridized carbons (Fsp3) is 0.714. The largest absolute Gasteiger partial charge is 0.480 e. The third-order valence-electron chi connectivity index (χ3n) is 2.25. The highest BCUT2D eigenvalue weighted by molar-refractivity contribution is 5.89. The van der Waals surface area contributed by atoms with E-state index in [0.717, 1.165) is 6.92 Å². The molecule has 1 saturated heterocycles. The first kappa shape index (κ1) is 10.8. The van der Waals surface area contributed by atoms with Crippen molar-refractivity contribution in [1.29, 1.82) is 0 Å². The number of rotatable bonds is 1. The predicted octanol–water partition coefficient (Wildman–Crippen LogP) is 0.384. The normalized spacial score (nSPS) is 32.9. The monoisotopic (exact) mass is 211 g/mol.